The van der Waals surface area contributed by atoms with E-state index in [1.807, 2.05) is 26.0 Å². The third kappa shape index (κ3) is 5.26. The number of carbonyl (C=O) groups excluding carboxylic acids is 1. The van der Waals surface area contributed by atoms with Crippen molar-refractivity contribution >= 4 is 17.4 Å². The summed E-state index contributed by atoms with van der Waals surface area (Å²) in [5, 5.41) is 5.89. The Labute approximate surface area is 115 Å². The standard InChI is InChI=1S/C14H24N4O/c1-5-18(6-2)13-8-7-12(9-16-13)17-14(19)10-15-11(3)4/h7-9,11,15H,5-6,10H2,1-4H3,(H,17,19). The number of nitrogens with zero attached hydrogens (tertiary/aromatic N) is 2. The van der Waals surface area contributed by atoms with Crippen LogP contribution in [0.5, 0.6) is 0 Å². The Morgan fingerprint density at radius 2 is 2.00 bits per heavy atom. The predicted octanol–water partition coefficient (Wildman–Crippen LogP) is 1.86. The third-order valence-electron chi connectivity index (χ3n) is 2.79. The second-order valence-electron chi connectivity index (χ2n) is 4.66. The third-order valence-corrected chi connectivity index (χ3v) is 2.79. The van der Waals surface area contributed by atoms with Crippen molar-refractivity contribution in [1.82, 2.24) is 10.3 Å². The molecule has 0 radical (unpaired) electrons. The van der Waals surface area contributed by atoms with Gasteiger partial charge in [-0.05, 0) is 26.0 Å². The van der Waals surface area contributed by atoms with Gasteiger partial charge >= 0.3 is 0 Å². The molecule has 5 nitrogen and oxygen atoms in total. The molecule has 5 heteroatoms. The molecule has 0 bridgehead atoms. The van der Waals surface area contributed by atoms with Crippen LogP contribution in [0.25, 0.3) is 0 Å². The summed E-state index contributed by atoms with van der Waals surface area (Å²) < 4.78 is 0. The molecule has 0 spiro atoms. The number of carbonyl (C=O) groups is 1. The normalized spacial score (nSPS) is 10.6. The van der Waals surface area contributed by atoms with Gasteiger partial charge in [-0.1, -0.05) is 13.8 Å². The quantitative estimate of drug-likeness (QED) is 0.789. The fraction of sp³-hybridized carbons (Fsp3) is 0.571. The second kappa shape index (κ2) is 7.74. The highest BCUT2D eigenvalue weighted by Crippen LogP contribution is 2.13. The molecule has 106 valence electrons. The zero-order valence-electron chi connectivity index (χ0n) is 12.2. The molecule has 0 aliphatic carbocycles. The number of pyridine rings is 1. The number of anilines is 2. The molecule has 19 heavy (non-hydrogen) atoms. The van der Waals surface area contributed by atoms with E-state index in [-0.39, 0.29) is 5.91 Å². The molecule has 0 saturated heterocycles. The van der Waals surface area contributed by atoms with E-state index in [0.29, 0.717) is 12.6 Å². The molecular weight excluding hydrogens is 240 g/mol. The minimum atomic E-state index is -0.0499. The average molecular weight is 264 g/mol. The number of amides is 1. The van der Waals surface area contributed by atoms with Gasteiger partial charge in [0.1, 0.15) is 5.82 Å². The van der Waals surface area contributed by atoms with Crippen LogP contribution < -0.4 is 15.5 Å². The largest absolute Gasteiger partial charge is 0.357 e. The van der Waals surface area contributed by atoms with Gasteiger partial charge in [-0.15, -0.1) is 0 Å². The second-order valence-corrected chi connectivity index (χ2v) is 4.66. The lowest BCUT2D eigenvalue weighted by Crippen LogP contribution is -2.32. The molecule has 1 amide bonds. The fourth-order valence-electron chi connectivity index (χ4n) is 1.70. The Balaban J connectivity index is 2.54. The summed E-state index contributed by atoms with van der Waals surface area (Å²) in [6.07, 6.45) is 1.70. The van der Waals surface area contributed by atoms with Crippen molar-refractivity contribution in [2.45, 2.75) is 33.7 Å². The molecule has 1 heterocycles. The molecule has 0 aliphatic rings. The number of hydrogen-bond acceptors (Lipinski definition) is 4. The summed E-state index contributed by atoms with van der Waals surface area (Å²) >= 11 is 0. The van der Waals surface area contributed by atoms with Gasteiger partial charge in [-0.3, -0.25) is 4.79 Å². The van der Waals surface area contributed by atoms with Gasteiger partial charge in [-0.25, -0.2) is 4.98 Å². The minimum Gasteiger partial charge on any atom is -0.357 e. The topological polar surface area (TPSA) is 57.3 Å². The van der Waals surface area contributed by atoms with Crippen molar-refractivity contribution in [3.05, 3.63) is 18.3 Å². The summed E-state index contributed by atoms with van der Waals surface area (Å²) in [7, 11) is 0. The van der Waals surface area contributed by atoms with Crippen LogP contribution in [0.4, 0.5) is 11.5 Å². The van der Waals surface area contributed by atoms with E-state index in [1.54, 1.807) is 6.20 Å². The first kappa shape index (κ1) is 15.4. The van der Waals surface area contributed by atoms with Crippen LogP contribution in [0, 0.1) is 0 Å². The van der Waals surface area contributed by atoms with Crippen molar-refractivity contribution in [1.29, 1.82) is 0 Å². The van der Waals surface area contributed by atoms with Crippen LogP contribution in [0.15, 0.2) is 18.3 Å². The van der Waals surface area contributed by atoms with E-state index in [1.165, 1.54) is 0 Å². The van der Waals surface area contributed by atoms with E-state index >= 15 is 0 Å². The highest BCUT2D eigenvalue weighted by Gasteiger charge is 2.05. The van der Waals surface area contributed by atoms with Crippen LogP contribution in [0.1, 0.15) is 27.7 Å². The van der Waals surface area contributed by atoms with Gasteiger partial charge < -0.3 is 15.5 Å². The Morgan fingerprint density at radius 1 is 1.32 bits per heavy atom. The van der Waals surface area contributed by atoms with Crippen molar-refractivity contribution in [2.75, 3.05) is 29.9 Å². The average Bonchev–Trinajstić information content (AvgIpc) is 2.40. The van der Waals surface area contributed by atoms with E-state index < -0.39 is 0 Å². The number of aromatic nitrogens is 1. The molecule has 0 aromatic carbocycles. The summed E-state index contributed by atoms with van der Waals surface area (Å²) in [5.41, 5.74) is 0.728. The first-order chi connectivity index (χ1) is 9.06. The highest BCUT2D eigenvalue weighted by molar-refractivity contribution is 5.92. The van der Waals surface area contributed by atoms with E-state index in [2.05, 4.69) is 34.4 Å². The molecule has 0 aliphatic heterocycles. The van der Waals surface area contributed by atoms with E-state index in [9.17, 15) is 4.79 Å². The maximum Gasteiger partial charge on any atom is 0.238 e. The SMILES string of the molecule is CCN(CC)c1ccc(NC(=O)CNC(C)C)cn1. The Kier molecular flexibility index (Phi) is 6.29. The van der Waals surface area contributed by atoms with Gasteiger partial charge in [0.25, 0.3) is 0 Å². The fourth-order valence-corrected chi connectivity index (χ4v) is 1.70. The zero-order chi connectivity index (χ0) is 14.3. The van der Waals surface area contributed by atoms with Crippen LogP contribution in [0.2, 0.25) is 0 Å². The van der Waals surface area contributed by atoms with Crippen molar-refractivity contribution < 1.29 is 4.79 Å². The van der Waals surface area contributed by atoms with Gasteiger partial charge in [0.15, 0.2) is 0 Å². The molecule has 0 fully saturated rings. The van der Waals surface area contributed by atoms with E-state index in [0.717, 1.165) is 24.6 Å². The maximum absolute atomic E-state index is 11.6. The van der Waals surface area contributed by atoms with Crippen molar-refractivity contribution in [2.24, 2.45) is 0 Å². The summed E-state index contributed by atoms with van der Waals surface area (Å²) in [6.45, 7) is 10.4. The molecule has 0 saturated carbocycles. The zero-order valence-corrected chi connectivity index (χ0v) is 12.2. The molecular formula is C14H24N4O. The van der Waals surface area contributed by atoms with Gasteiger partial charge in [0, 0.05) is 19.1 Å². The number of hydrogen-bond donors (Lipinski definition) is 2. The lowest BCUT2D eigenvalue weighted by atomic mass is 10.3. The monoisotopic (exact) mass is 264 g/mol. The highest BCUT2D eigenvalue weighted by atomic mass is 16.1. The van der Waals surface area contributed by atoms with Gasteiger partial charge in [0.05, 0.1) is 18.4 Å². The lowest BCUT2D eigenvalue weighted by Gasteiger charge is -2.19. The van der Waals surface area contributed by atoms with E-state index in [4.69, 9.17) is 0 Å². The molecule has 0 unspecified atom stereocenters. The minimum absolute atomic E-state index is 0.0499. The van der Waals surface area contributed by atoms with Crippen LogP contribution in [-0.4, -0.2) is 36.6 Å². The molecule has 1 aromatic rings. The smallest absolute Gasteiger partial charge is 0.238 e. The maximum atomic E-state index is 11.6. The van der Waals surface area contributed by atoms with Crippen molar-refractivity contribution in [3.63, 3.8) is 0 Å². The lowest BCUT2D eigenvalue weighted by molar-refractivity contribution is -0.115. The van der Waals surface area contributed by atoms with Crippen LogP contribution in [0.3, 0.4) is 0 Å². The Bertz CT molecular complexity index is 385. The molecule has 1 aromatic heterocycles. The van der Waals surface area contributed by atoms with Crippen LogP contribution in [-0.2, 0) is 4.79 Å². The van der Waals surface area contributed by atoms with Gasteiger partial charge in [-0.2, -0.15) is 0 Å². The van der Waals surface area contributed by atoms with Crippen LogP contribution >= 0.6 is 0 Å². The molecule has 2 N–H and O–H groups in total. The number of rotatable bonds is 7. The Hall–Kier alpha value is -1.62. The first-order valence-electron chi connectivity index (χ1n) is 6.81. The first-order valence-corrected chi connectivity index (χ1v) is 6.81. The summed E-state index contributed by atoms with van der Waals surface area (Å²) in [4.78, 5) is 18.2. The summed E-state index contributed by atoms with van der Waals surface area (Å²) in [5.74, 6) is 0.884. The Morgan fingerprint density at radius 3 is 2.47 bits per heavy atom. The number of nitrogens with one attached hydrogen (secondary N) is 2. The van der Waals surface area contributed by atoms with Gasteiger partial charge in [0.2, 0.25) is 5.91 Å². The summed E-state index contributed by atoms with van der Waals surface area (Å²) in [6, 6.07) is 4.11. The molecule has 0 atom stereocenters. The van der Waals surface area contributed by atoms with Crippen molar-refractivity contribution in [3.8, 4) is 0 Å². The predicted molar refractivity (Wildman–Crippen MR) is 79.6 cm³/mol. The molecule has 1 rings (SSSR count).